The smallest absolute Gasteiger partial charge is 0.406 e. The number of halogens is 6. The van der Waals surface area contributed by atoms with Gasteiger partial charge in [-0.3, -0.25) is 0 Å². The highest BCUT2D eigenvalue weighted by atomic mass is 32.1. The molecule has 1 aromatic carbocycles. The van der Waals surface area contributed by atoms with E-state index in [4.69, 9.17) is 0 Å². The summed E-state index contributed by atoms with van der Waals surface area (Å²) in [5.74, 6) is -0.933. The van der Waals surface area contributed by atoms with Crippen LogP contribution in [-0.4, -0.2) is 6.36 Å². The van der Waals surface area contributed by atoms with E-state index in [1.807, 2.05) is 0 Å². The highest BCUT2D eigenvalue weighted by Gasteiger charge is 2.35. The van der Waals surface area contributed by atoms with E-state index in [0.717, 1.165) is 12.1 Å². The van der Waals surface area contributed by atoms with Gasteiger partial charge in [-0.2, -0.15) is 13.2 Å². The van der Waals surface area contributed by atoms with Gasteiger partial charge in [-0.05, 0) is 18.2 Å². The Morgan fingerprint density at radius 1 is 1.00 bits per heavy atom. The van der Waals surface area contributed by atoms with Gasteiger partial charge in [0.15, 0.2) is 0 Å². The molecule has 0 radical (unpaired) electrons. The van der Waals surface area contributed by atoms with Crippen LogP contribution in [0.3, 0.4) is 0 Å². The van der Waals surface area contributed by atoms with E-state index in [0.29, 0.717) is 0 Å². The van der Waals surface area contributed by atoms with Crippen molar-refractivity contribution in [3.63, 3.8) is 0 Å². The molecule has 0 bridgehead atoms. The van der Waals surface area contributed by atoms with Crippen molar-refractivity contribution < 1.29 is 31.1 Å². The maximum Gasteiger partial charge on any atom is 0.573 e. The number of hydrogen-bond donors (Lipinski definition) is 1. The minimum atomic E-state index is -5.03. The van der Waals surface area contributed by atoms with E-state index in [-0.39, 0.29) is 6.07 Å². The van der Waals surface area contributed by atoms with E-state index in [1.165, 1.54) is 0 Å². The van der Waals surface area contributed by atoms with Crippen molar-refractivity contribution in [3.8, 4) is 5.75 Å². The van der Waals surface area contributed by atoms with Gasteiger partial charge in [-0.15, -0.1) is 25.8 Å². The summed E-state index contributed by atoms with van der Waals surface area (Å²) in [6.07, 6.45) is -9.80. The zero-order valence-electron chi connectivity index (χ0n) is 7.36. The molecule has 90 valence electrons. The van der Waals surface area contributed by atoms with Gasteiger partial charge in [0, 0.05) is 4.90 Å². The second-order valence-corrected chi connectivity index (χ2v) is 3.21. The average Bonchev–Trinajstić information content (AvgIpc) is 2.04. The van der Waals surface area contributed by atoms with Crippen LogP contribution in [0.2, 0.25) is 0 Å². The van der Waals surface area contributed by atoms with Gasteiger partial charge >= 0.3 is 12.5 Å². The lowest BCUT2D eigenvalue weighted by Crippen LogP contribution is -2.17. The Balaban J connectivity index is 3.09. The van der Waals surface area contributed by atoms with Crippen LogP contribution >= 0.6 is 12.6 Å². The molecule has 0 fully saturated rings. The summed E-state index contributed by atoms with van der Waals surface area (Å²) in [6.45, 7) is 0. The van der Waals surface area contributed by atoms with E-state index < -0.39 is 28.7 Å². The van der Waals surface area contributed by atoms with Crippen molar-refractivity contribution in [3.05, 3.63) is 23.8 Å². The molecule has 0 aromatic heterocycles. The molecule has 16 heavy (non-hydrogen) atoms. The highest BCUT2D eigenvalue weighted by molar-refractivity contribution is 7.80. The van der Waals surface area contributed by atoms with Gasteiger partial charge < -0.3 is 4.74 Å². The second kappa shape index (κ2) is 4.08. The number of benzene rings is 1. The van der Waals surface area contributed by atoms with E-state index >= 15 is 0 Å². The Bertz CT molecular complexity index is 383. The summed E-state index contributed by atoms with van der Waals surface area (Å²) >= 11 is 3.49. The van der Waals surface area contributed by atoms with Crippen LogP contribution in [0.25, 0.3) is 0 Å². The zero-order chi connectivity index (χ0) is 12.6. The third-order valence-corrected chi connectivity index (χ3v) is 1.90. The van der Waals surface area contributed by atoms with Gasteiger partial charge in [-0.1, -0.05) is 0 Å². The zero-order valence-corrected chi connectivity index (χ0v) is 8.25. The monoisotopic (exact) mass is 262 g/mol. The molecule has 0 N–H and O–H groups in total. The molecule has 1 nitrogen and oxygen atoms in total. The molecule has 0 saturated carbocycles. The summed E-state index contributed by atoms with van der Waals surface area (Å²) in [6, 6.07) is 1.79. The summed E-state index contributed by atoms with van der Waals surface area (Å²) in [5.41, 5.74) is -1.28. The molecular formula is C8H4F6OS. The van der Waals surface area contributed by atoms with Crippen molar-refractivity contribution in [1.82, 2.24) is 0 Å². The lowest BCUT2D eigenvalue weighted by molar-refractivity contribution is -0.274. The minimum absolute atomic E-state index is 0.246. The predicted molar refractivity (Wildman–Crippen MR) is 45.4 cm³/mol. The topological polar surface area (TPSA) is 9.23 Å². The SMILES string of the molecule is FC(F)(F)Oc1ccc(S)c(C(F)(F)F)c1. The number of hydrogen-bond acceptors (Lipinski definition) is 2. The quantitative estimate of drug-likeness (QED) is 0.596. The Kier molecular flexibility index (Phi) is 3.32. The summed E-state index contributed by atoms with van der Waals surface area (Å²) in [7, 11) is 0. The molecule has 8 heteroatoms. The number of ether oxygens (including phenoxy) is 1. The van der Waals surface area contributed by atoms with Crippen LogP contribution in [0.5, 0.6) is 5.75 Å². The maximum atomic E-state index is 12.3. The van der Waals surface area contributed by atoms with Crippen LogP contribution in [0.4, 0.5) is 26.3 Å². The van der Waals surface area contributed by atoms with E-state index in [9.17, 15) is 26.3 Å². The fourth-order valence-corrected chi connectivity index (χ4v) is 1.21. The average molecular weight is 262 g/mol. The molecule has 0 aliphatic carbocycles. The van der Waals surface area contributed by atoms with E-state index in [1.54, 1.807) is 0 Å². The molecule has 0 saturated heterocycles. The Morgan fingerprint density at radius 3 is 2.00 bits per heavy atom. The maximum absolute atomic E-state index is 12.3. The summed E-state index contributed by atoms with van der Waals surface area (Å²) in [5, 5.41) is 0. The Hall–Kier alpha value is -1.05. The first-order chi connectivity index (χ1) is 7.09. The normalized spacial score (nSPS) is 12.7. The number of rotatable bonds is 1. The van der Waals surface area contributed by atoms with Crippen LogP contribution in [0.1, 0.15) is 5.56 Å². The van der Waals surface area contributed by atoms with Crippen molar-refractivity contribution in [2.45, 2.75) is 17.4 Å². The highest BCUT2D eigenvalue weighted by Crippen LogP contribution is 2.36. The summed E-state index contributed by atoms with van der Waals surface area (Å²) < 4.78 is 75.4. The molecule has 0 amide bonds. The van der Waals surface area contributed by atoms with Gasteiger partial charge in [0.05, 0.1) is 5.56 Å². The first-order valence-electron chi connectivity index (χ1n) is 3.75. The molecule has 0 atom stereocenters. The molecule has 0 aliphatic heterocycles. The molecular weight excluding hydrogens is 258 g/mol. The second-order valence-electron chi connectivity index (χ2n) is 2.72. The van der Waals surface area contributed by atoms with Gasteiger partial charge in [0.25, 0.3) is 0 Å². The lowest BCUT2D eigenvalue weighted by Gasteiger charge is -2.13. The Labute approximate surface area is 91.4 Å². The van der Waals surface area contributed by atoms with Gasteiger partial charge in [0.1, 0.15) is 5.75 Å². The van der Waals surface area contributed by atoms with Crippen LogP contribution < -0.4 is 4.74 Å². The van der Waals surface area contributed by atoms with Crippen LogP contribution in [-0.2, 0) is 6.18 Å². The summed E-state index contributed by atoms with van der Waals surface area (Å²) in [4.78, 5) is -0.470. The van der Waals surface area contributed by atoms with Crippen molar-refractivity contribution in [1.29, 1.82) is 0 Å². The standard InChI is InChI=1S/C8H4F6OS/c9-7(10,11)5-3-4(1-2-6(5)16)15-8(12,13)14/h1-3,16H. The van der Waals surface area contributed by atoms with Gasteiger partial charge in [0.2, 0.25) is 0 Å². The van der Waals surface area contributed by atoms with Crippen molar-refractivity contribution in [2.75, 3.05) is 0 Å². The fourth-order valence-electron chi connectivity index (χ4n) is 0.939. The predicted octanol–water partition coefficient (Wildman–Crippen LogP) is 3.89. The molecule has 0 unspecified atom stereocenters. The fraction of sp³-hybridized carbons (Fsp3) is 0.250. The van der Waals surface area contributed by atoms with Crippen LogP contribution in [0.15, 0.2) is 23.1 Å². The van der Waals surface area contributed by atoms with E-state index in [2.05, 4.69) is 17.4 Å². The minimum Gasteiger partial charge on any atom is -0.406 e. The molecule has 0 heterocycles. The van der Waals surface area contributed by atoms with Gasteiger partial charge in [-0.25, -0.2) is 0 Å². The van der Waals surface area contributed by atoms with Crippen LogP contribution in [0, 0.1) is 0 Å². The van der Waals surface area contributed by atoms with Crippen molar-refractivity contribution in [2.24, 2.45) is 0 Å². The number of thiol groups is 1. The molecule has 1 rings (SSSR count). The lowest BCUT2D eigenvalue weighted by atomic mass is 10.2. The number of alkyl halides is 6. The molecule has 0 spiro atoms. The molecule has 1 aromatic rings. The van der Waals surface area contributed by atoms with Crippen molar-refractivity contribution >= 4 is 12.6 Å². The first-order valence-corrected chi connectivity index (χ1v) is 4.20. The third kappa shape index (κ3) is 3.51. The Morgan fingerprint density at radius 2 is 1.56 bits per heavy atom. The third-order valence-electron chi connectivity index (χ3n) is 1.51. The molecule has 0 aliphatic rings. The first kappa shape index (κ1) is 13.0. The largest absolute Gasteiger partial charge is 0.573 e.